The van der Waals surface area contributed by atoms with Crippen LogP contribution >= 0.6 is 0 Å². The zero-order chi connectivity index (χ0) is 19.3. The smallest absolute Gasteiger partial charge is 0.231 e. The van der Waals surface area contributed by atoms with E-state index in [1.54, 1.807) is 0 Å². The lowest BCUT2D eigenvalue weighted by Crippen LogP contribution is -2.08. The summed E-state index contributed by atoms with van der Waals surface area (Å²) in [6, 6.07) is 16.2. The molecule has 6 heteroatoms. The van der Waals surface area contributed by atoms with Crippen LogP contribution in [0.4, 0.5) is 0 Å². The molecule has 1 fully saturated rings. The Kier molecular flexibility index (Phi) is 5.48. The summed E-state index contributed by atoms with van der Waals surface area (Å²) in [6.07, 6.45) is 1.04. The molecule has 0 spiro atoms. The number of hydrogen-bond donors (Lipinski definition) is 1. The van der Waals surface area contributed by atoms with Gasteiger partial charge in [0.25, 0.3) is 0 Å². The van der Waals surface area contributed by atoms with Gasteiger partial charge in [0.2, 0.25) is 11.7 Å². The summed E-state index contributed by atoms with van der Waals surface area (Å²) < 4.78 is 5.44. The molecule has 3 aromatic rings. The second-order valence-electron chi connectivity index (χ2n) is 7.16. The van der Waals surface area contributed by atoms with E-state index >= 15 is 0 Å². The van der Waals surface area contributed by atoms with E-state index in [1.165, 1.54) is 5.56 Å². The molecule has 0 bridgehead atoms. The van der Waals surface area contributed by atoms with Crippen LogP contribution in [0, 0.1) is 6.92 Å². The van der Waals surface area contributed by atoms with Gasteiger partial charge in [-0.1, -0.05) is 64.4 Å². The molecule has 1 atom stereocenters. The van der Waals surface area contributed by atoms with E-state index in [-0.39, 0.29) is 0 Å². The maximum atomic E-state index is 5.49. The Morgan fingerprint density at radius 2 is 1.96 bits per heavy atom. The highest BCUT2D eigenvalue weighted by molar-refractivity contribution is 5.98. The Balaban J connectivity index is 1.38. The van der Waals surface area contributed by atoms with Crippen molar-refractivity contribution >= 4 is 5.71 Å². The molecular weight excluding hydrogens is 352 g/mol. The average molecular weight is 376 g/mol. The molecule has 4 rings (SSSR count). The van der Waals surface area contributed by atoms with Crippen LogP contribution in [-0.4, -0.2) is 28.9 Å². The first-order chi connectivity index (χ1) is 13.7. The van der Waals surface area contributed by atoms with Crippen molar-refractivity contribution in [1.29, 1.82) is 0 Å². The summed E-state index contributed by atoms with van der Waals surface area (Å²) in [4.78, 5) is 10.0. The third-order valence-corrected chi connectivity index (χ3v) is 4.97. The highest BCUT2D eigenvalue weighted by Crippen LogP contribution is 2.24. The van der Waals surface area contributed by atoms with E-state index in [0.717, 1.165) is 41.9 Å². The standard InChI is InChI=1S/C22H24N4O2/c1-15-3-5-17(6-4-15)14-27-25-16(2)18-7-9-19(10-8-18)21-24-22(28-26-21)20-11-12-23-13-20/h3-10,20,23H,11-14H2,1-2H3/b25-16+/t20-/m1/s1. The van der Waals surface area contributed by atoms with Gasteiger partial charge in [-0.2, -0.15) is 4.98 Å². The third-order valence-electron chi connectivity index (χ3n) is 4.97. The fourth-order valence-corrected chi connectivity index (χ4v) is 3.18. The summed E-state index contributed by atoms with van der Waals surface area (Å²) >= 11 is 0. The molecule has 1 aliphatic heterocycles. The molecule has 6 nitrogen and oxygen atoms in total. The average Bonchev–Trinajstić information content (AvgIpc) is 3.41. The van der Waals surface area contributed by atoms with E-state index in [9.17, 15) is 0 Å². The first-order valence-corrected chi connectivity index (χ1v) is 9.56. The van der Waals surface area contributed by atoms with Crippen molar-refractivity contribution in [3.63, 3.8) is 0 Å². The molecule has 2 heterocycles. The Morgan fingerprint density at radius 1 is 1.18 bits per heavy atom. The molecule has 1 saturated heterocycles. The molecule has 0 amide bonds. The lowest BCUT2D eigenvalue weighted by atomic mass is 10.1. The van der Waals surface area contributed by atoms with Crippen molar-refractivity contribution in [3.05, 3.63) is 71.1 Å². The number of nitrogens with zero attached hydrogens (tertiary/aromatic N) is 3. The number of nitrogens with one attached hydrogen (secondary N) is 1. The molecule has 0 aliphatic carbocycles. The van der Waals surface area contributed by atoms with Crippen LogP contribution in [0.15, 0.2) is 58.2 Å². The molecule has 1 N–H and O–H groups in total. The summed E-state index contributed by atoms with van der Waals surface area (Å²) in [5.74, 6) is 1.66. The molecule has 0 unspecified atom stereocenters. The summed E-state index contributed by atoms with van der Waals surface area (Å²) in [5, 5.41) is 11.7. The van der Waals surface area contributed by atoms with E-state index in [4.69, 9.17) is 9.36 Å². The van der Waals surface area contributed by atoms with Gasteiger partial charge in [-0.3, -0.25) is 0 Å². The van der Waals surface area contributed by atoms with Crippen LogP contribution < -0.4 is 5.32 Å². The Morgan fingerprint density at radius 3 is 2.68 bits per heavy atom. The molecule has 144 valence electrons. The van der Waals surface area contributed by atoms with E-state index < -0.39 is 0 Å². The molecule has 1 aliphatic rings. The van der Waals surface area contributed by atoms with Gasteiger partial charge >= 0.3 is 0 Å². The van der Waals surface area contributed by atoms with Gasteiger partial charge in [0.1, 0.15) is 6.61 Å². The maximum absolute atomic E-state index is 5.49. The predicted molar refractivity (Wildman–Crippen MR) is 108 cm³/mol. The van der Waals surface area contributed by atoms with Gasteiger partial charge in [0.05, 0.1) is 11.6 Å². The normalized spacial score (nSPS) is 17.1. The summed E-state index contributed by atoms with van der Waals surface area (Å²) in [5.41, 5.74) is 5.08. The van der Waals surface area contributed by atoms with Crippen molar-refractivity contribution in [3.8, 4) is 11.4 Å². The van der Waals surface area contributed by atoms with Crippen molar-refractivity contribution < 1.29 is 9.36 Å². The second kappa shape index (κ2) is 8.35. The minimum Gasteiger partial charge on any atom is -0.391 e. The largest absolute Gasteiger partial charge is 0.391 e. The van der Waals surface area contributed by atoms with Gasteiger partial charge in [-0.15, -0.1) is 0 Å². The minimum atomic E-state index is 0.320. The van der Waals surface area contributed by atoms with Gasteiger partial charge in [-0.25, -0.2) is 0 Å². The van der Waals surface area contributed by atoms with Crippen LogP contribution in [-0.2, 0) is 11.4 Å². The first-order valence-electron chi connectivity index (χ1n) is 9.56. The SMILES string of the molecule is C/C(=N\OCc1ccc(C)cc1)c1ccc(-c2noc([C@@H]3CCNC3)n2)cc1. The molecular formula is C22H24N4O2. The number of oxime groups is 1. The fraction of sp³-hybridized carbons (Fsp3) is 0.318. The van der Waals surface area contributed by atoms with Gasteiger partial charge < -0.3 is 14.7 Å². The van der Waals surface area contributed by atoms with Gasteiger partial charge in [0.15, 0.2) is 0 Å². The van der Waals surface area contributed by atoms with E-state index in [1.807, 2.05) is 31.2 Å². The Hall–Kier alpha value is -2.99. The summed E-state index contributed by atoms with van der Waals surface area (Å²) in [7, 11) is 0. The maximum Gasteiger partial charge on any atom is 0.231 e. The predicted octanol–water partition coefficient (Wildman–Crippen LogP) is 4.06. The quantitative estimate of drug-likeness (QED) is 0.519. The van der Waals surface area contributed by atoms with Crippen molar-refractivity contribution in [2.45, 2.75) is 32.8 Å². The first kappa shape index (κ1) is 18.4. The topological polar surface area (TPSA) is 72.5 Å². The second-order valence-corrected chi connectivity index (χ2v) is 7.16. The molecule has 0 radical (unpaired) electrons. The van der Waals surface area contributed by atoms with Gasteiger partial charge in [0, 0.05) is 12.1 Å². The van der Waals surface area contributed by atoms with Crippen LogP contribution in [0.2, 0.25) is 0 Å². The minimum absolute atomic E-state index is 0.320. The van der Waals surface area contributed by atoms with Gasteiger partial charge in [-0.05, 0) is 37.9 Å². The highest BCUT2D eigenvalue weighted by atomic mass is 16.6. The van der Waals surface area contributed by atoms with Crippen LogP contribution in [0.1, 0.15) is 41.8 Å². The lowest BCUT2D eigenvalue weighted by Gasteiger charge is -2.04. The molecule has 2 aromatic carbocycles. The fourth-order valence-electron chi connectivity index (χ4n) is 3.18. The number of benzene rings is 2. The van der Waals surface area contributed by atoms with Crippen LogP contribution in [0.3, 0.4) is 0 Å². The number of aryl methyl sites for hydroxylation is 1. The number of rotatable bonds is 6. The van der Waals surface area contributed by atoms with Crippen molar-refractivity contribution in [2.75, 3.05) is 13.1 Å². The molecule has 28 heavy (non-hydrogen) atoms. The Bertz CT molecular complexity index is 939. The third kappa shape index (κ3) is 4.28. The highest BCUT2D eigenvalue weighted by Gasteiger charge is 2.23. The molecule has 0 saturated carbocycles. The van der Waals surface area contributed by atoms with Crippen LogP contribution in [0.25, 0.3) is 11.4 Å². The number of hydrogen-bond acceptors (Lipinski definition) is 6. The summed E-state index contributed by atoms with van der Waals surface area (Å²) in [6.45, 7) is 6.36. The van der Waals surface area contributed by atoms with Crippen LogP contribution in [0.5, 0.6) is 0 Å². The number of aromatic nitrogens is 2. The molecule has 1 aromatic heterocycles. The zero-order valence-corrected chi connectivity index (χ0v) is 16.2. The Labute approximate surface area is 164 Å². The monoisotopic (exact) mass is 376 g/mol. The van der Waals surface area contributed by atoms with E-state index in [0.29, 0.717) is 24.2 Å². The van der Waals surface area contributed by atoms with Crippen molar-refractivity contribution in [1.82, 2.24) is 15.5 Å². The van der Waals surface area contributed by atoms with Crippen molar-refractivity contribution in [2.24, 2.45) is 5.16 Å². The zero-order valence-electron chi connectivity index (χ0n) is 16.2. The lowest BCUT2D eigenvalue weighted by molar-refractivity contribution is 0.130. The van der Waals surface area contributed by atoms with E-state index in [2.05, 4.69) is 51.8 Å².